The molecule has 7 nitrogen and oxygen atoms in total. The normalized spacial score (nSPS) is 30.4. The van der Waals surface area contributed by atoms with Crippen molar-refractivity contribution in [3.05, 3.63) is 18.2 Å². The molecule has 3 heterocycles. The summed E-state index contributed by atoms with van der Waals surface area (Å²) in [4.78, 5) is 22.9. The molecule has 3 fully saturated rings. The minimum absolute atomic E-state index is 0. The fourth-order valence-electron chi connectivity index (χ4n) is 5.08. The number of nitrogens with one attached hydrogen (secondary N) is 3. The third kappa shape index (κ3) is 5.00. The van der Waals surface area contributed by atoms with Gasteiger partial charge < -0.3 is 20.4 Å². The highest BCUT2D eigenvalue weighted by Crippen LogP contribution is 2.46. The lowest BCUT2D eigenvalue weighted by molar-refractivity contribution is -0.140. The lowest BCUT2D eigenvalue weighted by Gasteiger charge is -2.50. The van der Waals surface area contributed by atoms with Crippen LogP contribution in [0.2, 0.25) is 0 Å². The molecule has 0 radical (unpaired) electrons. The van der Waals surface area contributed by atoms with Crippen molar-refractivity contribution in [2.45, 2.75) is 38.1 Å². The average molecular weight is 434 g/mol. The summed E-state index contributed by atoms with van der Waals surface area (Å²) in [6.07, 6.45) is 8.67. The highest BCUT2D eigenvalue weighted by atomic mass is 35.5. The minimum Gasteiger partial charge on any atom is -0.379 e. The molecule has 28 heavy (non-hydrogen) atoms. The Balaban J connectivity index is 0.00000140. The number of aromatic nitrogens is 2. The average Bonchev–Trinajstić information content (AvgIpc) is 3.21. The highest BCUT2D eigenvalue weighted by Gasteiger charge is 2.50. The van der Waals surface area contributed by atoms with Crippen LogP contribution in [0.25, 0.3) is 0 Å². The van der Waals surface area contributed by atoms with Gasteiger partial charge in [0.1, 0.15) is 0 Å². The van der Waals surface area contributed by atoms with E-state index < -0.39 is 0 Å². The zero-order valence-electron chi connectivity index (χ0n) is 16.3. The second-order valence-electron chi connectivity index (χ2n) is 7.98. The van der Waals surface area contributed by atoms with Gasteiger partial charge in [-0.1, -0.05) is 0 Å². The number of halogens is 2. The Morgan fingerprint density at radius 1 is 1.32 bits per heavy atom. The molecule has 1 aromatic heterocycles. The van der Waals surface area contributed by atoms with Gasteiger partial charge in [0.15, 0.2) is 0 Å². The maximum atomic E-state index is 13.2. The highest BCUT2D eigenvalue weighted by molar-refractivity contribution is 5.85. The van der Waals surface area contributed by atoms with Crippen molar-refractivity contribution in [3.63, 3.8) is 0 Å². The van der Waals surface area contributed by atoms with E-state index in [1.165, 1.54) is 0 Å². The largest absolute Gasteiger partial charge is 0.379 e. The van der Waals surface area contributed by atoms with E-state index in [4.69, 9.17) is 4.74 Å². The number of rotatable bonds is 5. The number of carbonyl (C=O) groups excluding carboxylic acids is 1. The molecule has 0 unspecified atom stereocenters. The number of fused-ring (bicyclic) bond motifs is 1. The maximum Gasteiger partial charge on any atom is 0.227 e. The number of ether oxygens (including phenoxy) is 1. The summed E-state index contributed by atoms with van der Waals surface area (Å²) >= 11 is 0. The number of H-pyrrole nitrogens is 1. The number of aromatic amines is 1. The van der Waals surface area contributed by atoms with E-state index in [2.05, 4.69) is 25.5 Å². The van der Waals surface area contributed by atoms with Crippen LogP contribution in [0.3, 0.4) is 0 Å². The smallest absolute Gasteiger partial charge is 0.227 e. The van der Waals surface area contributed by atoms with Crippen LogP contribution in [0, 0.1) is 11.3 Å². The second-order valence-corrected chi connectivity index (χ2v) is 7.98. The molecule has 2 saturated heterocycles. The standard InChI is InChI=1S/C19H31N5O2.2ClH/c25-18(22-6-3-16-12-21-14-23-16)19-4-1-17(24-7-9-26-10-8-24)11-15(19)2-5-20-13-19;;/h12,14-15,17,20H,1-11,13H2,(H,21,23)(H,22,25);2*1H/t15-,17+,19-;;/m1../s1. The van der Waals surface area contributed by atoms with Gasteiger partial charge in [-0.2, -0.15) is 0 Å². The predicted molar refractivity (Wildman–Crippen MR) is 113 cm³/mol. The summed E-state index contributed by atoms with van der Waals surface area (Å²) in [5, 5.41) is 6.71. The fourth-order valence-corrected chi connectivity index (χ4v) is 5.08. The Kier molecular flexibility index (Phi) is 9.02. The molecular formula is C19H33Cl2N5O2. The third-order valence-electron chi connectivity index (χ3n) is 6.62. The lowest BCUT2D eigenvalue weighted by Crippen LogP contribution is -2.60. The first-order valence-corrected chi connectivity index (χ1v) is 10.1. The van der Waals surface area contributed by atoms with Gasteiger partial charge in [0.2, 0.25) is 5.91 Å². The molecule has 4 rings (SSSR count). The predicted octanol–water partition coefficient (Wildman–Crippen LogP) is 1.39. The number of nitrogens with zero attached hydrogens (tertiary/aromatic N) is 2. The number of hydrogen-bond acceptors (Lipinski definition) is 5. The number of amides is 1. The van der Waals surface area contributed by atoms with Crippen LogP contribution in [0.5, 0.6) is 0 Å². The first-order chi connectivity index (χ1) is 12.8. The van der Waals surface area contributed by atoms with E-state index in [0.717, 1.165) is 77.2 Å². The zero-order valence-corrected chi connectivity index (χ0v) is 18.0. The van der Waals surface area contributed by atoms with Crippen LogP contribution >= 0.6 is 24.8 Å². The van der Waals surface area contributed by atoms with Crippen molar-refractivity contribution in [3.8, 4) is 0 Å². The van der Waals surface area contributed by atoms with Crippen LogP contribution in [-0.4, -0.2) is 72.8 Å². The van der Waals surface area contributed by atoms with Crippen LogP contribution in [0.15, 0.2) is 12.5 Å². The molecule has 1 saturated carbocycles. The molecule has 1 amide bonds. The molecule has 0 aromatic carbocycles. The number of piperidine rings is 1. The topological polar surface area (TPSA) is 82.3 Å². The molecule has 3 N–H and O–H groups in total. The van der Waals surface area contributed by atoms with E-state index in [-0.39, 0.29) is 36.1 Å². The van der Waals surface area contributed by atoms with Crippen molar-refractivity contribution in [2.75, 3.05) is 45.9 Å². The quantitative estimate of drug-likeness (QED) is 0.653. The van der Waals surface area contributed by atoms with Gasteiger partial charge in [-0.3, -0.25) is 9.69 Å². The monoisotopic (exact) mass is 433 g/mol. The van der Waals surface area contributed by atoms with Gasteiger partial charge in [0.05, 0.1) is 25.0 Å². The molecule has 3 aliphatic rings. The van der Waals surface area contributed by atoms with Crippen molar-refractivity contribution in [1.29, 1.82) is 0 Å². The summed E-state index contributed by atoms with van der Waals surface area (Å²) < 4.78 is 5.51. The summed E-state index contributed by atoms with van der Waals surface area (Å²) in [7, 11) is 0. The number of hydrogen-bond donors (Lipinski definition) is 3. The summed E-state index contributed by atoms with van der Waals surface area (Å²) in [5.41, 5.74) is 0.840. The van der Waals surface area contributed by atoms with Gasteiger partial charge >= 0.3 is 0 Å². The van der Waals surface area contributed by atoms with Gasteiger partial charge in [0.25, 0.3) is 0 Å². The molecule has 0 spiro atoms. The molecule has 2 aliphatic heterocycles. The van der Waals surface area contributed by atoms with Crippen molar-refractivity contribution >= 4 is 30.7 Å². The van der Waals surface area contributed by atoms with Crippen molar-refractivity contribution in [2.24, 2.45) is 11.3 Å². The number of carbonyl (C=O) groups is 1. The van der Waals surface area contributed by atoms with Crippen LogP contribution in [0.1, 0.15) is 31.4 Å². The first kappa shape index (κ1) is 23.4. The van der Waals surface area contributed by atoms with E-state index >= 15 is 0 Å². The zero-order chi connectivity index (χ0) is 17.8. The molecular weight excluding hydrogens is 401 g/mol. The van der Waals surface area contributed by atoms with Gasteiger partial charge in [-0.25, -0.2) is 4.98 Å². The number of imidazole rings is 1. The summed E-state index contributed by atoms with van der Waals surface area (Å²) in [6.45, 7) is 6.30. The lowest BCUT2D eigenvalue weighted by atomic mass is 9.61. The Morgan fingerprint density at radius 2 is 2.14 bits per heavy atom. The minimum atomic E-state index is -0.227. The molecule has 1 aliphatic carbocycles. The fraction of sp³-hybridized carbons (Fsp3) is 0.789. The Hall–Kier alpha value is -0.860. The van der Waals surface area contributed by atoms with Crippen LogP contribution in [0.4, 0.5) is 0 Å². The summed E-state index contributed by atoms with van der Waals surface area (Å²) in [5.74, 6) is 0.729. The van der Waals surface area contributed by atoms with E-state index in [1.54, 1.807) is 6.33 Å². The molecule has 0 bridgehead atoms. The molecule has 9 heteroatoms. The second kappa shape index (κ2) is 10.8. The Labute approximate surface area is 179 Å². The van der Waals surface area contributed by atoms with Gasteiger partial charge in [0, 0.05) is 50.5 Å². The van der Waals surface area contributed by atoms with Crippen molar-refractivity contribution < 1.29 is 9.53 Å². The van der Waals surface area contributed by atoms with Crippen molar-refractivity contribution in [1.82, 2.24) is 25.5 Å². The first-order valence-electron chi connectivity index (χ1n) is 10.1. The SMILES string of the molecule is Cl.Cl.O=C(NCCc1cnc[nH]1)[C@@]12CC[C@H](N3CCOCC3)C[C@H]1CCNC2. The summed E-state index contributed by atoms with van der Waals surface area (Å²) in [6, 6.07) is 0.618. The molecule has 1 aromatic rings. The Bertz CT molecular complexity index is 597. The van der Waals surface area contributed by atoms with Crippen LogP contribution in [-0.2, 0) is 16.0 Å². The Morgan fingerprint density at radius 3 is 2.89 bits per heavy atom. The van der Waals surface area contributed by atoms with Crippen LogP contribution < -0.4 is 10.6 Å². The van der Waals surface area contributed by atoms with Gasteiger partial charge in [-0.05, 0) is 38.1 Å². The molecule has 160 valence electrons. The number of morpholine rings is 1. The van der Waals surface area contributed by atoms with E-state index in [9.17, 15) is 4.79 Å². The van der Waals surface area contributed by atoms with Gasteiger partial charge in [-0.15, -0.1) is 24.8 Å². The van der Waals surface area contributed by atoms with E-state index in [1.807, 2.05) is 6.20 Å². The third-order valence-corrected chi connectivity index (χ3v) is 6.62. The maximum absolute atomic E-state index is 13.2. The van der Waals surface area contributed by atoms with E-state index in [0.29, 0.717) is 18.5 Å². The molecule has 3 atom stereocenters.